The molecule has 0 unspecified atom stereocenters. The number of amides is 2. The third-order valence-electron chi connectivity index (χ3n) is 6.81. The molecule has 256 valence electrons. The number of fused-ring (bicyclic) bond motifs is 2. The van der Waals surface area contributed by atoms with Crippen LogP contribution >= 0.6 is 0 Å². The van der Waals surface area contributed by atoms with Crippen LogP contribution in [0.15, 0.2) is 48.8 Å². The molecular weight excluding hydrogens is 618 g/mol. The van der Waals surface area contributed by atoms with Gasteiger partial charge in [-0.25, -0.2) is 9.59 Å². The molecule has 1 aliphatic rings. The van der Waals surface area contributed by atoms with Crippen LogP contribution in [0.5, 0.6) is 11.5 Å². The fourth-order valence-corrected chi connectivity index (χ4v) is 4.82. The van der Waals surface area contributed by atoms with Crippen molar-refractivity contribution in [3.63, 3.8) is 0 Å². The van der Waals surface area contributed by atoms with E-state index in [1.165, 1.54) is 12.4 Å². The minimum atomic E-state index is -0.649. The summed E-state index contributed by atoms with van der Waals surface area (Å²) in [7, 11) is 1.58. The highest BCUT2D eigenvalue weighted by Gasteiger charge is 2.37. The summed E-state index contributed by atoms with van der Waals surface area (Å²) >= 11 is 0. The molecule has 2 aromatic carbocycles. The van der Waals surface area contributed by atoms with Gasteiger partial charge in [-0.1, -0.05) is 12.1 Å². The maximum atomic E-state index is 14.3. The van der Waals surface area contributed by atoms with Crippen molar-refractivity contribution in [2.24, 2.45) is 0 Å². The molecular formula is C35H43N5O8. The van der Waals surface area contributed by atoms with Crippen molar-refractivity contribution in [2.45, 2.75) is 59.4 Å². The summed E-state index contributed by atoms with van der Waals surface area (Å²) in [5.74, 6) is 0.0241. The van der Waals surface area contributed by atoms with Gasteiger partial charge in [0.1, 0.15) is 29.3 Å². The SMILES string of the molecule is COc1ccc(COc2cncc3c2C(=O)c2c(NCCNC(=O)OC(C)(C)C)ccc(NCCNC(=O)OC(C)(C)C)c2C3=O)cc1. The van der Waals surface area contributed by atoms with E-state index < -0.39 is 35.0 Å². The van der Waals surface area contributed by atoms with Gasteiger partial charge in [0, 0.05) is 43.8 Å². The zero-order valence-corrected chi connectivity index (χ0v) is 28.4. The van der Waals surface area contributed by atoms with E-state index in [9.17, 15) is 19.2 Å². The van der Waals surface area contributed by atoms with Gasteiger partial charge in [0.15, 0.2) is 5.78 Å². The molecule has 48 heavy (non-hydrogen) atoms. The van der Waals surface area contributed by atoms with Gasteiger partial charge in [-0.05, 0) is 71.4 Å². The Morgan fingerprint density at radius 1 is 0.688 bits per heavy atom. The molecule has 1 aromatic heterocycles. The monoisotopic (exact) mass is 661 g/mol. The van der Waals surface area contributed by atoms with Gasteiger partial charge in [-0.3, -0.25) is 14.6 Å². The summed E-state index contributed by atoms with van der Waals surface area (Å²) in [6.07, 6.45) is 1.63. The van der Waals surface area contributed by atoms with Crippen molar-refractivity contribution < 1.29 is 38.1 Å². The van der Waals surface area contributed by atoms with Gasteiger partial charge in [-0.15, -0.1) is 0 Å². The van der Waals surface area contributed by atoms with E-state index in [0.717, 1.165) is 5.56 Å². The number of anilines is 2. The number of pyridine rings is 1. The lowest BCUT2D eigenvalue weighted by molar-refractivity contribution is 0.0518. The normalized spacial score (nSPS) is 12.3. The highest BCUT2D eigenvalue weighted by molar-refractivity contribution is 6.32. The first kappa shape index (κ1) is 35.5. The number of carbonyl (C=O) groups is 4. The Kier molecular flexibility index (Phi) is 11.1. The Labute approximate surface area is 280 Å². The van der Waals surface area contributed by atoms with Crippen molar-refractivity contribution in [1.82, 2.24) is 15.6 Å². The minimum Gasteiger partial charge on any atom is -0.497 e. The van der Waals surface area contributed by atoms with Gasteiger partial charge in [0.2, 0.25) is 5.78 Å². The molecule has 3 aromatic rings. The average molecular weight is 662 g/mol. The van der Waals surface area contributed by atoms with Crippen molar-refractivity contribution in [3.05, 3.63) is 76.6 Å². The summed E-state index contributed by atoms with van der Waals surface area (Å²) in [6.45, 7) is 11.6. The van der Waals surface area contributed by atoms with Gasteiger partial charge in [0.05, 0.1) is 35.6 Å². The molecule has 0 saturated heterocycles. The molecule has 13 nitrogen and oxygen atoms in total. The Morgan fingerprint density at radius 2 is 1.21 bits per heavy atom. The van der Waals surface area contributed by atoms with E-state index in [-0.39, 0.29) is 60.8 Å². The van der Waals surface area contributed by atoms with Crippen LogP contribution < -0.4 is 30.7 Å². The lowest BCUT2D eigenvalue weighted by Gasteiger charge is -2.25. The van der Waals surface area contributed by atoms with E-state index in [4.69, 9.17) is 18.9 Å². The minimum absolute atomic E-state index is 0.106. The molecule has 2 amide bonds. The van der Waals surface area contributed by atoms with Crippen LogP contribution in [-0.2, 0) is 16.1 Å². The Balaban J connectivity index is 1.58. The van der Waals surface area contributed by atoms with Gasteiger partial charge >= 0.3 is 12.2 Å². The third-order valence-corrected chi connectivity index (χ3v) is 6.81. The highest BCUT2D eigenvalue weighted by Crippen LogP contribution is 2.39. The second-order valence-electron chi connectivity index (χ2n) is 13.0. The number of rotatable bonds is 12. The second kappa shape index (κ2) is 15.1. The molecule has 1 aliphatic carbocycles. The van der Waals surface area contributed by atoms with Gasteiger partial charge < -0.3 is 40.2 Å². The molecule has 0 atom stereocenters. The van der Waals surface area contributed by atoms with Crippen molar-refractivity contribution >= 4 is 35.1 Å². The number of hydrogen-bond donors (Lipinski definition) is 4. The number of methoxy groups -OCH3 is 1. The number of nitrogens with zero attached hydrogens (tertiary/aromatic N) is 1. The number of ketones is 2. The predicted molar refractivity (Wildman–Crippen MR) is 180 cm³/mol. The zero-order chi connectivity index (χ0) is 35.1. The first-order valence-corrected chi connectivity index (χ1v) is 15.6. The fourth-order valence-electron chi connectivity index (χ4n) is 4.82. The number of hydrogen-bond acceptors (Lipinski definition) is 11. The molecule has 0 spiro atoms. The van der Waals surface area contributed by atoms with Crippen LogP contribution in [0.1, 0.15) is 78.9 Å². The van der Waals surface area contributed by atoms with E-state index >= 15 is 0 Å². The molecule has 1 heterocycles. The smallest absolute Gasteiger partial charge is 0.407 e. The molecule has 13 heteroatoms. The number of alkyl carbamates (subject to hydrolysis) is 2. The fraction of sp³-hybridized carbons (Fsp3) is 0.400. The number of nitrogens with one attached hydrogen (secondary N) is 4. The summed E-state index contributed by atoms with van der Waals surface area (Å²) < 4.78 is 21.8. The standard InChI is InChI=1S/C35H43N5O8/c1-34(2,3)47-32(43)39-16-14-37-24-12-13-25(38-15-17-40-33(44)48-35(4,5)6)29-28(24)30(41)23-18-36-19-26(27(23)31(29)42)46-20-21-8-10-22(45-7)11-9-21/h8-13,18-19,37-38H,14-17,20H2,1-7H3,(H,39,43)(H,40,44). The molecule has 0 radical (unpaired) electrons. The van der Waals surface area contributed by atoms with Gasteiger partial charge in [-0.2, -0.15) is 0 Å². The molecule has 0 fully saturated rings. The Hall–Kier alpha value is -5.33. The first-order valence-electron chi connectivity index (χ1n) is 15.6. The first-order chi connectivity index (χ1) is 22.7. The van der Waals surface area contributed by atoms with E-state index in [1.54, 1.807) is 72.9 Å². The summed E-state index contributed by atoms with van der Waals surface area (Å²) in [5.41, 5.74) is 0.858. The van der Waals surface area contributed by atoms with Crippen LogP contribution in [0.25, 0.3) is 0 Å². The quantitative estimate of drug-likeness (QED) is 0.145. The lowest BCUT2D eigenvalue weighted by Crippen LogP contribution is -2.35. The summed E-state index contributed by atoms with van der Waals surface area (Å²) in [5, 5.41) is 11.7. The van der Waals surface area contributed by atoms with Crippen molar-refractivity contribution in [2.75, 3.05) is 43.9 Å². The highest BCUT2D eigenvalue weighted by atomic mass is 16.6. The number of ether oxygens (including phenoxy) is 4. The summed E-state index contributed by atoms with van der Waals surface area (Å²) in [6, 6.07) is 10.7. The Morgan fingerprint density at radius 3 is 1.71 bits per heavy atom. The third kappa shape index (κ3) is 9.36. The molecule has 4 N–H and O–H groups in total. The maximum Gasteiger partial charge on any atom is 0.407 e. The van der Waals surface area contributed by atoms with Crippen LogP contribution in [0, 0.1) is 0 Å². The summed E-state index contributed by atoms with van der Waals surface area (Å²) in [4.78, 5) is 56.8. The van der Waals surface area contributed by atoms with E-state index in [1.807, 2.05) is 12.1 Å². The largest absolute Gasteiger partial charge is 0.497 e. The number of carbonyl (C=O) groups excluding carboxylic acids is 4. The zero-order valence-electron chi connectivity index (χ0n) is 28.4. The molecule has 0 bridgehead atoms. The lowest BCUT2D eigenvalue weighted by atomic mass is 9.82. The van der Waals surface area contributed by atoms with Crippen LogP contribution in [0.3, 0.4) is 0 Å². The van der Waals surface area contributed by atoms with E-state index in [0.29, 0.717) is 17.1 Å². The van der Waals surface area contributed by atoms with Crippen LogP contribution in [-0.4, -0.2) is 73.2 Å². The van der Waals surface area contributed by atoms with Crippen LogP contribution in [0.4, 0.5) is 21.0 Å². The predicted octanol–water partition coefficient (Wildman–Crippen LogP) is 5.32. The van der Waals surface area contributed by atoms with E-state index in [2.05, 4.69) is 26.3 Å². The van der Waals surface area contributed by atoms with Crippen LogP contribution in [0.2, 0.25) is 0 Å². The molecule has 0 aliphatic heterocycles. The second-order valence-corrected chi connectivity index (χ2v) is 13.0. The topological polar surface area (TPSA) is 166 Å². The van der Waals surface area contributed by atoms with Gasteiger partial charge in [0.25, 0.3) is 0 Å². The van der Waals surface area contributed by atoms with Crippen molar-refractivity contribution in [3.8, 4) is 11.5 Å². The number of aromatic nitrogens is 1. The maximum absolute atomic E-state index is 14.3. The Bertz CT molecular complexity index is 1660. The number of benzene rings is 2. The molecule has 4 rings (SSSR count). The molecule has 0 saturated carbocycles. The van der Waals surface area contributed by atoms with Crippen molar-refractivity contribution in [1.29, 1.82) is 0 Å². The average Bonchev–Trinajstić information content (AvgIpc) is 3.01.